The average molecular weight is 388 g/mol. The standard InChI is InChI=1S/C19H20N2O5S/c1-13-6-8-16(9-7-13)20-18(22)11-27-12-19(23)26-14(2)15-4-3-5-17(10-15)21(24)25/h3-10,14H,11-12H2,1-2H3,(H,20,22)/t14-/m1/s1. The molecule has 0 aromatic heterocycles. The second-order valence-corrected chi connectivity index (χ2v) is 6.88. The number of thioether (sulfide) groups is 1. The number of nitro benzene ring substituents is 1. The van der Waals surface area contributed by atoms with E-state index in [0.29, 0.717) is 11.3 Å². The summed E-state index contributed by atoms with van der Waals surface area (Å²) in [5.74, 6) is -0.556. The van der Waals surface area contributed by atoms with E-state index in [9.17, 15) is 19.7 Å². The molecule has 0 bridgehead atoms. The molecule has 142 valence electrons. The molecule has 0 aliphatic rings. The summed E-state index contributed by atoms with van der Waals surface area (Å²) in [7, 11) is 0. The van der Waals surface area contributed by atoms with Crippen molar-refractivity contribution in [2.24, 2.45) is 0 Å². The normalized spacial score (nSPS) is 11.5. The average Bonchev–Trinajstić information content (AvgIpc) is 2.63. The van der Waals surface area contributed by atoms with Gasteiger partial charge in [-0.25, -0.2) is 0 Å². The lowest BCUT2D eigenvalue weighted by atomic mass is 10.1. The summed E-state index contributed by atoms with van der Waals surface area (Å²) in [5, 5.41) is 13.6. The minimum atomic E-state index is -0.612. The quantitative estimate of drug-likeness (QED) is 0.419. The van der Waals surface area contributed by atoms with Crippen LogP contribution in [0.25, 0.3) is 0 Å². The zero-order valence-corrected chi connectivity index (χ0v) is 15.8. The Morgan fingerprint density at radius 3 is 2.56 bits per heavy atom. The summed E-state index contributed by atoms with van der Waals surface area (Å²) >= 11 is 1.14. The van der Waals surface area contributed by atoms with Crippen molar-refractivity contribution in [3.05, 3.63) is 69.8 Å². The van der Waals surface area contributed by atoms with Crippen LogP contribution in [-0.2, 0) is 14.3 Å². The maximum Gasteiger partial charge on any atom is 0.316 e. The van der Waals surface area contributed by atoms with Crippen molar-refractivity contribution < 1.29 is 19.2 Å². The first-order chi connectivity index (χ1) is 12.8. The number of nitrogens with zero attached hydrogens (tertiary/aromatic N) is 1. The van der Waals surface area contributed by atoms with E-state index < -0.39 is 17.0 Å². The fraction of sp³-hybridized carbons (Fsp3) is 0.263. The van der Waals surface area contributed by atoms with E-state index in [0.717, 1.165) is 17.3 Å². The number of hydrogen-bond acceptors (Lipinski definition) is 6. The molecule has 0 fully saturated rings. The topological polar surface area (TPSA) is 98.5 Å². The molecule has 1 atom stereocenters. The van der Waals surface area contributed by atoms with Gasteiger partial charge in [-0.15, -0.1) is 11.8 Å². The number of hydrogen-bond donors (Lipinski definition) is 1. The molecule has 1 N–H and O–H groups in total. The fourth-order valence-electron chi connectivity index (χ4n) is 2.25. The molecule has 0 spiro atoms. The third kappa shape index (κ3) is 6.74. The number of carbonyl (C=O) groups is 2. The lowest BCUT2D eigenvalue weighted by Gasteiger charge is -2.13. The molecule has 0 radical (unpaired) electrons. The van der Waals surface area contributed by atoms with Crippen LogP contribution >= 0.6 is 11.8 Å². The molecule has 27 heavy (non-hydrogen) atoms. The molecule has 2 rings (SSSR count). The van der Waals surface area contributed by atoms with E-state index in [1.807, 2.05) is 31.2 Å². The van der Waals surface area contributed by atoms with Crippen molar-refractivity contribution in [1.29, 1.82) is 0 Å². The number of benzene rings is 2. The van der Waals surface area contributed by atoms with E-state index >= 15 is 0 Å². The number of nitrogens with one attached hydrogen (secondary N) is 1. The number of esters is 1. The van der Waals surface area contributed by atoms with Crippen LogP contribution in [0.1, 0.15) is 24.2 Å². The number of anilines is 1. The van der Waals surface area contributed by atoms with Gasteiger partial charge < -0.3 is 10.1 Å². The van der Waals surface area contributed by atoms with Crippen molar-refractivity contribution in [2.45, 2.75) is 20.0 Å². The van der Waals surface area contributed by atoms with Crippen LogP contribution in [0.15, 0.2) is 48.5 Å². The summed E-state index contributed by atoms with van der Waals surface area (Å²) in [4.78, 5) is 34.1. The largest absolute Gasteiger partial charge is 0.457 e. The van der Waals surface area contributed by atoms with Crippen LogP contribution in [-0.4, -0.2) is 28.3 Å². The minimum absolute atomic E-state index is 0.0145. The van der Waals surface area contributed by atoms with Crippen molar-refractivity contribution in [3.8, 4) is 0 Å². The Balaban J connectivity index is 1.75. The van der Waals surface area contributed by atoms with Crippen LogP contribution in [0.5, 0.6) is 0 Å². The molecule has 8 heteroatoms. The summed E-state index contributed by atoms with van der Waals surface area (Å²) < 4.78 is 5.27. The summed E-state index contributed by atoms with van der Waals surface area (Å²) in [5.41, 5.74) is 2.29. The van der Waals surface area contributed by atoms with E-state index in [4.69, 9.17) is 4.74 Å². The second-order valence-electron chi connectivity index (χ2n) is 5.89. The summed E-state index contributed by atoms with van der Waals surface area (Å²) in [6.07, 6.45) is -0.612. The molecule has 2 aromatic rings. The highest BCUT2D eigenvalue weighted by Gasteiger charge is 2.15. The Labute approximate surface area is 161 Å². The molecule has 2 aromatic carbocycles. The van der Waals surface area contributed by atoms with Crippen LogP contribution in [0.4, 0.5) is 11.4 Å². The van der Waals surface area contributed by atoms with Gasteiger partial charge in [-0.2, -0.15) is 0 Å². The SMILES string of the molecule is Cc1ccc(NC(=O)CSCC(=O)O[C@H](C)c2cccc([N+](=O)[O-])c2)cc1. The maximum absolute atomic E-state index is 11.9. The molecule has 0 heterocycles. The van der Waals surface area contributed by atoms with Gasteiger partial charge in [0.1, 0.15) is 6.10 Å². The zero-order chi connectivity index (χ0) is 19.8. The van der Waals surface area contributed by atoms with E-state index in [1.54, 1.807) is 19.1 Å². The number of rotatable bonds is 8. The van der Waals surface area contributed by atoms with Gasteiger partial charge in [-0.3, -0.25) is 19.7 Å². The van der Waals surface area contributed by atoms with Crippen molar-refractivity contribution in [1.82, 2.24) is 0 Å². The number of ether oxygens (including phenoxy) is 1. The van der Waals surface area contributed by atoms with Gasteiger partial charge in [0.25, 0.3) is 5.69 Å². The van der Waals surface area contributed by atoms with E-state index in [2.05, 4.69) is 5.32 Å². The molecule has 0 aliphatic heterocycles. The van der Waals surface area contributed by atoms with Gasteiger partial charge in [0.15, 0.2) is 0 Å². The Morgan fingerprint density at radius 2 is 1.89 bits per heavy atom. The monoisotopic (exact) mass is 388 g/mol. The van der Waals surface area contributed by atoms with E-state index in [1.165, 1.54) is 12.1 Å². The van der Waals surface area contributed by atoms with Crippen LogP contribution < -0.4 is 5.32 Å². The number of amides is 1. The van der Waals surface area contributed by atoms with Crippen LogP contribution in [0, 0.1) is 17.0 Å². The first-order valence-corrected chi connectivity index (χ1v) is 9.38. The molecule has 0 aliphatic carbocycles. The smallest absolute Gasteiger partial charge is 0.316 e. The van der Waals surface area contributed by atoms with E-state index in [-0.39, 0.29) is 23.1 Å². The summed E-state index contributed by atoms with van der Waals surface area (Å²) in [6.45, 7) is 3.60. The highest BCUT2D eigenvalue weighted by Crippen LogP contribution is 2.22. The second kappa shape index (κ2) is 9.72. The number of carbonyl (C=O) groups excluding carboxylic acids is 2. The molecule has 0 saturated heterocycles. The number of non-ortho nitro benzene ring substituents is 1. The lowest BCUT2D eigenvalue weighted by molar-refractivity contribution is -0.385. The fourth-order valence-corrected chi connectivity index (χ4v) is 2.85. The Kier molecular flexibility index (Phi) is 7.36. The summed E-state index contributed by atoms with van der Waals surface area (Å²) in [6, 6.07) is 13.4. The molecular weight excluding hydrogens is 368 g/mol. The maximum atomic E-state index is 11.9. The third-order valence-electron chi connectivity index (χ3n) is 3.65. The Morgan fingerprint density at radius 1 is 1.19 bits per heavy atom. The van der Waals surface area contributed by atoms with Gasteiger partial charge in [-0.1, -0.05) is 29.8 Å². The van der Waals surface area contributed by atoms with Crippen LogP contribution in [0.3, 0.4) is 0 Å². The first kappa shape index (κ1) is 20.4. The molecule has 0 unspecified atom stereocenters. The molecular formula is C19H20N2O5S. The van der Waals surface area contributed by atoms with Gasteiger partial charge >= 0.3 is 5.97 Å². The first-order valence-electron chi connectivity index (χ1n) is 8.23. The Bertz CT molecular complexity index is 823. The van der Waals surface area contributed by atoms with Crippen molar-refractivity contribution in [2.75, 3.05) is 16.8 Å². The van der Waals surface area contributed by atoms with Crippen LogP contribution in [0.2, 0.25) is 0 Å². The van der Waals surface area contributed by atoms with Gasteiger partial charge in [0.2, 0.25) is 5.91 Å². The van der Waals surface area contributed by atoms with Crippen molar-refractivity contribution in [3.63, 3.8) is 0 Å². The zero-order valence-electron chi connectivity index (χ0n) is 15.0. The lowest BCUT2D eigenvalue weighted by Crippen LogP contribution is -2.17. The van der Waals surface area contributed by atoms with Gasteiger partial charge in [0.05, 0.1) is 16.4 Å². The van der Waals surface area contributed by atoms with Gasteiger partial charge in [0, 0.05) is 17.8 Å². The minimum Gasteiger partial charge on any atom is -0.457 e. The number of nitro groups is 1. The molecule has 7 nitrogen and oxygen atoms in total. The highest BCUT2D eigenvalue weighted by molar-refractivity contribution is 8.00. The predicted molar refractivity (Wildman–Crippen MR) is 105 cm³/mol. The molecule has 1 amide bonds. The number of aryl methyl sites for hydroxylation is 1. The predicted octanol–water partition coefficient (Wildman–Crippen LogP) is 3.88. The van der Waals surface area contributed by atoms with Gasteiger partial charge in [-0.05, 0) is 31.5 Å². The van der Waals surface area contributed by atoms with Crippen molar-refractivity contribution >= 4 is 35.0 Å². The third-order valence-corrected chi connectivity index (χ3v) is 4.55. The Hall–Kier alpha value is -2.87. The molecule has 0 saturated carbocycles. The highest BCUT2D eigenvalue weighted by atomic mass is 32.2.